The fourth-order valence-electron chi connectivity index (χ4n) is 2.05. The lowest BCUT2D eigenvalue weighted by Gasteiger charge is -2.36. The first-order chi connectivity index (χ1) is 8.87. The molecule has 1 heterocycles. The Morgan fingerprint density at radius 3 is 2.42 bits per heavy atom. The third kappa shape index (κ3) is 2.90. The molecule has 106 valence electrons. The van der Waals surface area contributed by atoms with Crippen molar-refractivity contribution >= 4 is 41.9 Å². The summed E-state index contributed by atoms with van der Waals surface area (Å²) in [4.78, 5) is 0.318. The molecule has 2 rings (SSSR count). The van der Waals surface area contributed by atoms with E-state index in [2.05, 4.69) is 37.2 Å². The van der Waals surface area contributed by atoms with Gasteiger partial charge >= 0.3 is 0 Å². The Balaban J connectivity index is 2.46. The van der Waals surface area contributed by atoms with Crippen LogP contribution < -0.4 is 5.32 Å². The SMILES string of the molecule is CCN(C1CNC1)S(=O)(=O)c1cc(Br)c(C)cc1Br. The molecule has 0 saturated carbocycles. The number of benzene rings is 1. The van der Waals surface area contributed by atoms with Gasteiger partial charge in [0.15, 0.2) is 0 Å². The second kappa shape index (κ2) is 5.81. The molecule has 0 aliphatic carbocycles. The molecule has 0 unspecified atom stereocenters. The second-order valence-electron chi connectivity index (χ2n) is 4.55. The second-order valence-corrected chi connectivity index (χ2v) is 8.12. The molecule has 0 atom stereocenters. The number of halogens is 2. The number of aryl methyl sites for hydroxylation is 1. The highest BCUT2D eigenvalue weighted by Crippen LogP contribution is 2.31. The van der Waals surface area contributed by atoms with Crippen LogP contribution in [0.1, 0.15) is 12.5 Å². The van der Waals surface area contributed by atoms with Crippen LogP contribution in [-0.4, -0.2) is 38.4 Å². The number of likely N-dealkylation sites (N-methyl/N-ethyl adjacent to an activating group) is 1. The van der Waals surface area contributed by atoms with Gasteiger partial charge in [-0.15, -0.1) is 0 Å². The lowest BCUT2D eigenvalue weighted by molar-refractivity contribution is 0.249. The number of nitrogens with one attached hydrogen (secondary N) is 1. The van der Waals surface area contributed by atoms with Gasteiger partial charge in [0.25, 0.3) is 0 Å². The van der Waals surface area contributed by atoms with Crippen molar-refractivity contribution in [3.63, 3.8) is 0 Å². The van der Waals surface area contributed by atoms with Crippen molar-refractivity contribution in [1.82, 2.24) is 9.62 Å². The lowest BCUT2D eigenvalue weighted by Crippen LogP contribution is -2.58. The zero-order valence-electron chi connectivity index (χ0n) is 10.8. The van der Waals surface area contributed by atoms with Crippen LogP contribution in [0.3, 0.4) is 0 Å². The van der Waals surface area contributed by atoms with Crippen molar-refractivity contribution in [3.8, 4) is 0 Å². The smallest absolute Gasteiger partial charge is 0.244 e. The first-order valence-corrected chi connectivity index (χ1v) is 9.08. The van der Waals surface area contributed by atoms with Gasteiger partial charge in [-0.1, -0.05) is 22.9 Å². The van der Waals surface area contributed by atoms with E-state index in [9.17, 15) is 8.42 Å². The maximum Gasteiger partial charge on any atom is 0.244 e. The molecule has 1 N–H and O–H groups in total. The summed E-state index contributed by atoms with van der Waals surface area (Å²) in [6, 6.07) is 3.55. The van der Waals surface area contributed by atoms with E-state index in [4.69, 9.17) is 0 Å². The third-order valence-electron chi connectivity index (χ3n) is 3.28. The number of hydrogen-bond donors (Lipinski definition) is 1. The van der Waals surface area contributed by atoms with Crippen LogP contribution in [0, 0.1) is 6.92 Å². The maximum atomic E-state index is 12.7. The van der Waals surface area contributed by atoms with Gasteiger partial charge in [-0.05, 0) is 40.5 Å². The summed E-state index contributed by atoms with van der Waals surface area (Å²) < 4.78 is 28.4. The van der Waals surface area contributed by atoms with Crippen LogP contribution in [0.2, 0.25) is 0 Å². The van der Waals surface area contributed by atoms with E-state index in [1.807, 2.05) is 19.9 Å². The van der Waals surface area contributed by atoms with Crippen LogP contribution in [0.5, 0.6) is 0 Å². The quantitative estimate of drug-likeness (QED) is 0.827. The highest BCUT2D eigenvalue weighted by Gasteiger charge is 2.34. The van der Waals surface area contributed by atoms with Gasteiger partial charge in [0, 0.05) is 28.6 Å². The van der Waals surface area contributed by atoms with Gasteiger partial charge < -0.3 is 5.32 Å². The molecule has 19 heavy (non-hydrogen) atoms. The van der Waals surface area contributed by atoms with Gasteiger partial charge in [-0.25, -0.2) is 8.42 Å². The molecule has 1 aliphatic rings. The molecule has 0 radical (unpaired) electrons. The zero-order valence-corrected chi connectivity index (χ0v) is 14.8. The molecule has 1 saturated heterocycles. The van der Waals surface area contributed by atoms with Crippen LogP contribution in [0.15, 0.2) is 26.0 Å². The van der Waals surface area contributed by atoms with Crippen LogP contribution >= 0.6 is 31.9 Å². The molecule has 1 aliphatic heterocycles. The first kappa shape index (κ1) is 15.4. The van der Waals surface area contributed by atoms with Crippen LogP contribution in [0.4, 0.5) is 0 Å². The van der Waals surface area contributed by atoms with Gasteiger partial charge in [-0.2, -0.15) is 4.31 Å². The Morgan fingerprint density at radius 1 is 1.32 bits per heavy atom. The van der Waals surface area contributed by atoms with Crippen molar-refractivity contribution in [1.29, 1.82) is 0 Å². The molecule has 4 nitrogen and oxygen atoms in total. The summed E-state index contributed by atoms with van der Waals surface area (Å²) in [5, 5.41) is 3.11. The summed E-state index contributed by atoms with van der Waals surface area (Å²) in [6.45, 7) is 5.72. The molecular weight excluding hydrogens is 396 g/mol. The van der Waals surface area contributed by atoms with E-state index in [1.54, 1.807) is 10.4 Å². The summed E-state index contributed by atoms with van der Waals surface area (Å²) in [5.41, 5.74) is 0.999. The molecule has 7 heteroatoms. The third-order valence-corrected chi connectivity index (χ3v) is 7.12. The Hall–Kier alpha value is 0.0500. The Bertz CT molecular complexity index is 586. The van der Waals surface area contributed by atoms with E-state index in [-0.39, 0.29) is 6.04 Å². The highest BCUT2D eigenvalue weighted by molar-refractivity contribution is 9.11. The van der Waals surface area contributed by atoms with E-state index < -0.39 is 10.0 Å². The standard InChI is InChI=1S/C12H16Br2N2O2S/c1-3-16(9-6-15-7-9)19(17,18)12-5-10(13)8(2)4-11(12)14/h4-5,9,15H,3,6-7H2,1-2H3. The molecule has 1 aromatic rings. The molecular formula is C12H16Br2N2O2S. The van der Waals surface area contributed by atoms with Gasteiger partial charge in [-0.3, -0.25) is 0 Å². The highest BCUT2D eigenvalue weighted by atomic mass is 79.9. The van der Waals surface area contributed by atoms with E-state index >= 15 is 0 Å². The number of hydrogen-bond acceptors (Lipinski definition) is 3. The number of nitrogens with zero attached hydrogens (tertiary/aromatic N) is 1. The molecule has 0 spiro atoms. The fourth-order valence-corrected chi connectivity index (χ4v) is 5.33. The molecule has 0 bridgehead atoms. The number of sulfonamides is 1. The predicted molar refractivity (Wildman–Crippen MR) is 82.8 cm³/mol. The van der Waals surface area contributed by atoms with Gasteiger partial charge in [0.05, 0.1) is 10.9 Å². The Morgan fingerprint density at radius 2 is 1.95 bits per heavy atom. The molecule has 1 aromatic carbocycles. The predicted octanol–water partition coefficient (Wildman–Crippen LogP) is 2.50. The summed E-state index contributed by atoms with van der Waals surface area (Å²) >= 11 is 6.76. The normalized spacial score (nSPS) is 16.7. The van der Waals surface area contributed by atoms with Crippen molar-refractivity contribution in [2.75, 3.05) is 19.6 Å². The van der Waals surface area contributed by atoms with Crippen molar-refractivity contribution < 1.29 is 8.42 Å². The molecule has 1 fully saturated rings. The molecule has 0 amide bonds. The topological polar surface area (TPSA) is 49.4 Å². The van der Waals surface area contributed by atoms with E-state index in [0.717, 1.165) is 23.1 Å². The Kier molecular flexibility index (Phi) is 4.72. The monoisotopic (exact) mass is 410 g/mol. The summed E-state index contributed by atoms with van der Waals surface area (Å²) in [7, 11) is -3.46. The lowest BCUT2D eigenvalue weighted by atomic mass is 10.2. The average molecular weight is 412 g/mol. The minimum absolute atomic E-state index is 0.0574. The Labute approximate surface area is 130 Å². The van der Waals surface area contributed by atoms with Gasteiger partial charge in [0.2, 0.25) is 10.0 Å². The summed E-state index contributed by atoms with van der Waals surface area (Å²) in [5.74, 6) is 0. The van der Waals surface area contributed by atoms with Crippen molar-refractivity contribution in [2.24, 2.45) is 0 Å². The first-order valence-electron chi connectivity index (χ1n) is 6.06. The zero-order chi connectivity index (χ0) is 14.2. The minimum Gasteiger partial charge on any atom is -0.313 e. The minimum atomic E-state index is -3.46. The molecule has 0 aromatic heterocycles. The largest absolute Gasteiger partial charge is 0.313 e. The number of rotatable bonds is 4. The fraction of sp³-hybridized carbons (Fsp3) is 0.500. The van der Waals surface area contributed by atoms with Crippen LogP contribution in [0.25, 0.3) is 0 Å². The van der Waals surface area contributed by atoms with Crippen molar-refractivity contribution in [3.05, 3.63) is 26.6 Å². The van der Waals surface area contributed by atoms with Crippen LogP contribution in [-0.2, 0) is 10.0 Å². The van der Waals surface area contributed by atoms with E-state index in [0.29, 0.717) is 15.9 Å². The average Bonchev–Trinajstić information content (AvgIpc) is 2.27. The van der Waals surface area contributed by atoms with Gasteiger partial charge in [0.1, 0.15) is 0 Å². The summed E-state index contributed by atoms with van der Waals surface area (Å²) in [6.07, 6.45) is 0. The van der Waals surface area contributed by atoms with Crippen molar-refractivity contribution in [2.45, 2.75) is 24.8 Å². The van der Waals surface area contributed by atoms with E-state index in [1.165, 1.54) is 0 Å². The maximum absolute atomic E-state index is 12.7.